The Hall–Kier alpha value is -1.68. The SMILES string of the molecule is CC(C)(C)NCc1cc(-c2ccccc2F)on1. The predicted octanol–water partition coefficient (Wildman–Crippen LogP) is 3.37. The maximum absolute atomic E-state index is 13.6. The van der Waals surface area contributed by atoms with Crippen LogP contribution in [0, 0.1) is 5.82 Å². The number of hydrogen-bond acceptors (Lipinski definition) is 3. The molecule has 0 aliphatic heterocycles. The molecule has 3 nitrogen and oxygen atoms in total. The average Bonchev–Trinajstić information content (AvgIpc) is 2.75. The number of nitrogens with one attached hydrogen (secondary N) is 1. The summed E-state index contributed by atoms with van der Waals surface area (Å²) in [6, 6.07) is 8.27. The summed E-state index contributed by atoms with van der Waals surface area (Å²) in [5, 5.41) is 7.23. The van der Waals surface area contributed by atoms with Crippen LogP contribution in [-0.4, -0.2) is 10.7 Å². The molecule has 4 heteroatoms. The lowest BCUT2D eigenvalue weighted by molar-refractivity contribution is 0.392. The molecule has 1 N–H and O–H groups in total. The summed E-state index contributed by atoms with van der Waals surface area (Å²) in [6.45, 7) is 6.82. The Balaban J connectivity index is 2.14. The zero-order valence-corrected chi connectivity index (χ0v) is 10.8. The van der Waals surface area contributed by atoms with Crippen LogP contribution in [0.15, 0.2) is 34.9 Å². The van der Waals surface area contributed by atoms with Crippen molar-refractivity contribution in [1.82, 2.24) is 10.5 Å². The van der Waals surface area contributed by atoms with Crippen LogP contribution in [0.4, 0.5) is 4.39 Å². The van der Waals surface area contributed by atoms with Crippen molar-refractivity contribution in [2.75, 3.05) is 0 Å². The second-order valence-electron chi connectivity index (χ2n) is 5.27. The Kier molecular flexibility index (Phi) is 3.48. The molecule has 1 aromatic carbocycles. The summed E-state index contributed by atoms with van der Waals surface area (Å²) >= 11 is 0. The molecular formula is C14H17FN2O. The molecule has 0 aliphatic carbocycles. The fourth-order valence-corrected chi connectivity index (χ4v) is 1.54. The Morgan fingerprint density at radius 2 is 2.00 bits per heavy atom. The molecule has 0 unspecified atom stereocenters. The fraction of sp³-hybridized carbons (Fsp3) is 0.357. The minimum Gasteiger partial charge on any atom is -0.356 e. The normalized spacial score (nSPS) is 11.8. The molecule has 1 aromatic heterocycles. The van der Waals surface area contributed by atoms with Crippen LogP contribution in [0.25, 0.3) is 11.3 Å². The van der Waals surface area contributed by atoms with Crippen molar-refractivity contribution in [3.8, 4) is 11.3 Å². The molecule has 0 aliphatic rings. The molecular weight excluding hydrogens is 231 g/mol. The van der Waals surface area contributed by atoms with Crippen molar-refractivity contribution in [3.63, 3.8) is 0 Å². The van der Waals surface area contributed by atoms with E-state index in [2.05, 4.69) is 31.2 Å². The van der Waals surface area contributed by atoms with Gasteiger partial charge >= 0.3 is 0 Å². The van der Waals surface area contributed by atoms with Crippen molar-refractivity contribution in [2.24, 2.45) is 0 Å². The van der Waals surface area contributed by atoms with E-state index in [4.69, 9.17) is 4.52 Å². The predicted molar refractivity (Wildman–Crippen MR) is 68.5 cm³/mol. The summed E-state index contributed by atoms with van der Waals surface area (Å²) < 4.78 is 18.7. The van der Waals surface area contributed by atoms with E-state index in [9.17, 15) is 4.39 Å². The first-order valence-corrected chi connectivity index (χ1v) is 5.91. The minimum absolute atomic E-state index is 0.0110. The second-order valence-corrected chi connectivity index (χ2v) is 5.27. The minimum atomic E-state index is -0.302. The summed E-state index contributed by atoms with van der Waals surface area (Å²) in [5.74, 6) is 0.155. The molecule has 18 heavy (non-hydrogen) atoms. The van der Waals surface area contributed by atoms with Crippen LogP contribution in [0.2, 0.25) is 0 Å². The fourth-order valence-electron chi connectivity index (χ4n) is 1.54. The molecule has 0 saturated carbocycles. The number of rotatable bonds is 3. The lowest BCUT2D eigenvalue weighted by atomic mass is 10.1. The summed E-state index contributed by atoms with van der Waals surface area (Å²) in [5.41, 5.74) is 1.21. The van der Waals surface area contributed by atoms with E-state index in [1.54, 1.807) is 24.3 Å². The van der Waals surface area contributed by atoms with Gasteiger partial charge in [0.15, 0.2) is 5.76 Å². The van der Waals surface area contributed by atoms with Gasteiger partial charge in [-0.25, -0.2) is 4.39 Å². The van der Waals surface area contributed by atoms with Gasteiger partial charge in [-0.2, -0.15) is 0 Å². The monoisotopic (exact) mass is 248 g/mol. The van der Waals surface area contributed by atoms with E-state index < -0.39 is 0 Å². The zero-order chi connectivity index (χ0) is 13.2. The van der Waals surface area contributed by atoms with Crippen LogP contribution in [0.3, 0.4) is 0 Å². The lowest BCUT2D eigenvalue weighted by Gasteiger charge is -2.19. The van der Waals surface area contributed by atoms with Gasteiger partial charge in [-0.15, -0.1) is 0 Å². The average molecular weight is 248 g/mol. The first-order chi connectivity index (χ1) is 8.46. The van der Waals surface area contributed by atoms with Crippen LogP contribution in [-0.2, 0) is 6.54 Å². The highest BCUT2D eigenvalue weighted by atomic mass is 19.1. The standard InChI is InChI=1S/C14H17FN2O/c1-14(2,3)16-9-10-8-13(18-17-10)11-6-4-5-7-12(11)15/h4-8,16H,9H2,1-3H3. The molecule has 2 aromatic rings. The number of hydrogen-bond donors (Lipinski definition) is 1. The van der Waals surface area contributed by atoms with Crippen molar-refractivity contribution >= 4 is 0 Å². The number of aromatic nitrogens is 1. The van der Waals surface area contributed by atoms with Gasteiger partial charge in [0.25, 0.3) is 0 Å². The molecule has 2 rings (SSSR count). The Labute approximate surface area is 106 Å². The topological polar surface area (TPSA) is 38.1 Å². The van der Waals surface area contributed by atoms with Crippen LogP contribution in [0.5, 0.6) is 0 Å². The molecule has 1 heterocycles. The van der Waals surface area contributed by atoms with E-state index in [0.717, 1.165) is 5.69 Å². The molecule has 0 spiro atoms. The van der Waals surface area contributed by atoms with Gasteiger partial charge in [0.1, 0.15) is 5.82 Å². The van der Waals surface area contributed by atoms with Gasteiger partial charge < -0.3 is 9.84 Å². The molecule has 0 radical (unpaired) electrons. The lowest BCUT2D eigenvalue weighted by Crippen LogP contribution is -2.35. The van der Waals surface area contributed by atoms with E-state index in [1.807, 2.05) is 0 Å². The highest BCUT2D eigenvalue weighted by Gasteiger charge is 2.13. The molecule has 0 amide bonds. The van der Waals surface area contributed by atoms with Gasteiger partial charge in [0, 0.05) is 18.2 Å². The Bertz CT molecular complexity index is 529. The second kappa shape index (κ2) is 4.90. The smallest absolute Gasteiger partial charge is 0.170 e. The molecule has 96 valence electrons. The van der Waals surface area contributed by atoms with Crippen LogP contribution < -0.4 is 5.32 Å². The first-order valence-electron chi connectivity index (χ1n) is 5.91. The van der Waals surface area contributed by atoms with E-state index in [1.165, 1.54) is 6.07 Å². The van der Waals surface area contributed by atoms with Crippen molar-refractivity contribution in [2.45, 2.75) is 32.9 Å². The highest BCUT2D eigenvalue weighted by molar-refractivity contribution is 5.57. The highest BCUT2D eigenvalue weighted by Crippen LogP contribution is 2.23. The molecule has 0 bridgehead atoms. The first kappa shape index (κ1) is 12.8. The van der Waals surface area contributed by atoms with Crippen LogP contribution in [0.1, 0.15) is 26.5 Å². The largest absolute Gasteiger partial charge is 0.356 e. The zero-order valence-electron chi connectivity index (χ0n) is 10.8. The van der Waals surface area contributed by atoms with E-state index >= 15 is 0 Å². The van der Waals surface area contributed by atoms with Gasteiger partial charge in [0.05, 0.1) is 11.3 Å². The quantitative estimate of drug-likeness (QED) is 0.905. The van der Waals surface area contributed by atoms with Crippen molar-refractivity contribution in [1.29, 1.82) is 0 Å². The van der Waals surface area contributed by atoms with Gasteiger partial charge in [-0.1, -0.05) is 17.3 Å². The Morgan fingerprint density at radius 3 is 2.67 bits per heavy atom. The third-order valence-electron chi connectivity index (χ3n) is 2.50. The number of halogens is 1. The number of benzene rings is 1. The van der Waals surface area contributed by atoms with Gasteiger partial charge in [0.2, 0.25) is 0 Å². The third-order valence-corrected chi connectivity index (χ3v) is 2.50. The van der Waals surface area contributed by atoms with Gasteiger partial charge in [-0.05, 0) is 32.9 Å². The molecule has 0 atom stereocenters. The molecule has 0 saturated heterocycles. The Morgan fingerprint density at radius 1 is 1.28 bits per heavy atom. The summed E-state index contributed by atoms with van der Waals surface area (Å²) in [4.78, 5) is 0. The van der Waals surface area contributed by atoms with Crippen molar-refractivity contribution < 1.29 is 8.91 Å². The molecule has 0 fully saturated rings. The number of nitrogens with zero attached hydrogens (tertiary/aromatic N) is 1. The van der Waals surface area contributed by atoms with Crippen LogP contribution >= 0.6 is 0 Å². The summed E-state index contributed by atoms with van der Waals surface area (Å²) in [6.07, 6.45) is 0. The maximum atomic E-state index is 13.6. The van der Waals surface area contributed by atoms with Crippen molar-refractivity contribution in [3.05, 3.63) is 41.8 Å². The van der Waals surface area contributed by atoms with Gasteiger partial charge in [-0.3, -0.25) is 0 Å². The summed E-state index contributed by atoms with van der Waals surface area (Å²) in [7, 11) is 0. The van der Waals surface area contributed by atoms with E-state index in [0.29, 0.717) is 17.9 Å². The maximum Gasteiger partial charge on any atom is 0.170 e. The third kappa shape index (κ3) is 3.17. The van der Waals surface area contributed by atoms with E-state index in [-0.39, 0.29) is 11.4 Å².